The van der Waals surface area contributed by atoms with E-state index in [0.29, 0.717) is 18.3 Å². The molecule has 0 heterocycles. The van der Waals surface area contributed by atoms with E-state index in [4.69, 9.17) is 0 Å². The van der Waals surface area contributed by atoms with E-state index in [9.17, 15) is 5.11 Å². The molecule has 1 rings (SSSR count). The molecule has 0 aliphatic rings. The Bertz CT molecular complexity index is 354. The molecular formula is C14H22BrNO. The molecule has 0 aromatic heterocycles. The van der Waals surface area contributed by atoms with E-state index >= 15 is 0 Å². The second-order valence-corrected chi connectivity index (χ2v) is 5.72. The fraction of sp³-hybridized carbons (Fsp3) is 0.571. The van der Waals surface area contributed by atoms with Crippen LogP contribution in [0.25, 0.3) is 0 Å². The van der Waals surface area contributed by atoms with Gasteiger partial charge in [-0.1, -0.05) is 36.2 Å². The summed E-state index contributed by atoms with van der Waals surface area (Å²) >= 11 is 3.42. The number of hydrogen-bond acceptors (Lipinski definition) is 2. The van der Waals surface area contributed by atoms with E-state index < -0.39 is 0 Å². The maximum absolute atomic E-state index is 9.72. The van der Waals surface area contributed by atoms with Crippen molar-refractivity contribution in [1.82, 2.24) is 5.32 Å². The number of aromatic hydroxyl groups is 1. The first kappa shape index (κ1) is 14.5. The lowest BCUT2D eigenvalue weighted by atomic mass is 10.0. The highest BCUT2D eigenvalue weighted by molar-refractivity contribution is 9.10. The van der Waals surface area contributed by atoms with E-state index in [1.54, 1.807) is 6.07 Å². The smallest absolute Gasteiger partial charge is 0.120 e. The summed E-state index contributed by atoms with van der Waals surface area (Å²) in [5, 5.41) is 13.2. The zero-order chi connectivity index (χ0) is 12.8. The number of rotatable bonds is 6. The lowest BCUT2D eigenvalue weighted by Crippen LogP contribution is -2.27. The van der Waals surface area contributed by atoms with Gasteiger partial charge in [-0.3, -0.25) is 0 Å². The molecule has 2 nitrogen and oxygen atoms in total. The number of hydrogen-bond donors (Lipinski definition) is 2. The third kappa shape index (κ3) is 5.09. The van der Waals surface area contributed by atoms with E-state index in [2.05, 4.69) is 42.0 Å². The predicted molar refractivity (Wildman–Crippen MR) is 76.2 cm³/mol. The van der Waals surface area contributed by atoms with Crippen molar-refractivity contribution in [3.8, 4) is 5.75 Å². The van der Waals surface area contributed by atoms with Crippen molar-refractivity contribution in [1.29, 1.82) is 0 Å². The third-order valence-electron chi connectivity index (χ3n) is 3.14. The van der Waals surface area contributed by atoms with Crippen LogP contribution in [0.2, 0.25) is 0 Å². The zero-order valence-corrected chi connectivity index (χ0v) is 12.4. The van der Waals surface area contributed by atoms with Crippen LogP contribution in [0.5, 0.6) is 5.75 Å². The molecule has 2 N–H and O–H groups in total. The van der Waals surface area contributed by atoms with Gasteiger partial charge in [0.15, 0.2) is 0 Å². The van der Waals surface area contributed by atoms with Gasteiger partial charge in [-0.25, -0.2) is 0 Å². The van der Waals surface area contributed by atoms with Crippen molar-refractivity contribution in [3.63, 3.8) is 0 Å². The average molecular weight is 300 g/mol. The molecule has 1 aromatic carbocycles. The average Bonchev–Trinajstić information content (AvgIpc) is 2.30. The molecular weight excluding hydrogens is 278 g/mol. The summed E-state index contributed by atoms with van der Waals surface area (Å²) < 4.78 is 1.00. The number of halogens is 1. The summed E-state index contributed by atoms with van der Waals surface area (Å²) in [6.07, 6.45) is 2.39. The molecule has 0 bridgehead atoms. The lowest BCUT2D eigenvalue weighted by molar-refractivity contribution is 0.406. The molecule has 0 saturated heterocycles. The normalized spacial score (nSPS) is 14.6. The van der Waals surface area contributed by atoms with Gasteiger partial charge >= 0.3 is 0 Å². The second kappa shape index (κ2) is 7.02. The summed E-state index contributed by atoms with van der Waals surface area (Å²) in [5.41, 5.74) is 0.940. The van der Waals surface area contributed by atoms with Crippen molar-refractivity contribution in [3.05, 3.63) is 28.2 Å². The Morgan fingerprint density at radius 2 is 2.06 bits per heavy atom. The van der Waals surface area contributed by atoms with Crippen molar-refractivity contribution in [2.75, 3.05) is 0 Å². The Morgan fingerprint density at radius 1 is 1.35 bits per heavy atom. The minimum atomic E-state index is 0.358. The molecule has 1 aromatic rings. The Morgan fingerprint density at radius 3 is 2.71 bits per heavy atom. The van der Waals surface area contributed by atoms with Crippen molar-refractivity contribution in [2.24, 2.45) is 5.92 Å². The van der Waals surface area contributed by atoms with Gasteiger partial charge in [0.1, 0.15) is 5.75 Å². The van der Waals surface area contributed by atoms with Gasteiger partial charge in [0.2, 0.25) is 0 Å². The topological polar surface area (TPSA) is 32.3 Å². The predicted octanol–water partition coefficient (Wildman–Crippen LogP) is 4.07. The van der Waals surface area contributed by atoms with E-state index in [1.165, 1.54) is 12.8 Å². The SMILES string of the molecule is CCC(C)CC(C)NCc1cc(Br)ccc1O. The van der Waals surface area contributed by atoms with Crippen LogP contribution in [0.15, 0.2) is 22.7 Å². The van der Waals surface area contributed by atoms with Crippen LogP contribution in [0.1, 0.15) is 39.2 Å². The molecule has 3 heteroatoms. The first-order chi connectivity index (χ1) is 8.02. The quantitative estimate of drug-likeness (QED) is 0.830. The van der Waals surface area contributed by atoms with Crippen molar-refractivity contribution < 1.29 is 5.11 Å². The highest BCUT2D eigenvalue weighted by Gasteiger charge is 2.08. The monoisotopic (exact) mass is 299 g/mol. The van der Waals surface area contributed by atoms with Gasteiger partial charge in [0.25, 0.3) is 0 Å². The highest BCUT2D eigenvalue weighted by atomic mass is 79.9. The van der Waals surface area contributed by atoms with E-state index in [1.807, 2.05) is 12.1 Å². The first-order valence-electron chi connectivity index (χ1n) is 6.23. The first-order valence-corrected chi connectivity index (χ1v) is 7.03. The fourth-order valence-corrected chi connectivity index (χ4v) is 2.24. The summed E-state index contributed by atoms with van der Waals surface area (Å²) in [6, 6.07) is 6.00. The largest absolute Gasteiger partial charge is 0.508 e. The Balaban J connectivity index is 2.47. The van der Waals surface area contributed by atoms with E-state index in [0.717, 1.165) is 16.0 Å². The number of phenolic OH excluding ortho intramolecular Hbond substituents is 1. The Kier molecular flexibility index (Phi) is 6.00. The van der Waals surface area contributed by atoms with Crippen LogP contribution in [0.3, 0.4) is 0 Å². The second-order valence-electron chi connectivity index (χ2n) is 4.80. The van der Waals surface area contributed by atoms with Gasteiger partial charge in [0, 0.05) is 22.6 Å². The van der Waals surface area contributed by atoms with Gasteiger partial charge < -0.3 is 10.4 Å². The van der Waals surface area contributed by atoms with Gasteiger partial charge in [-0.2, -0.15) is 0 Å². The fourth-order valence-electron chi connectivity index (χ4n) is 1.83. The summed E-state index contributed by atoms with van der Waals surface area (Å²) in [7, 11) is 0. The minimum Gasteiger partial charge on any atom is -0.508 e. The third-order valence-corrected chi connectivity index (χ3v) is 3.63. The molecule has 0 fully saturated rings. The van der Waals surface area contributed by atoms with Gasteiger partial charge in [0.05, 0.1) is 0 Å². The molecule has 0 spiro atoms. The van der Waals surface area contributed by atoms with Gasteiger partial charge in [-0.15, -0.1) is 0 Å². The van der Waals surface area contributed by atoms with Crippen molar-refractivity contribution >= 4 is 15.9 Å². The van der Waals surface area contributed by atoms with Crippen LogP contribution in [-0.4, -0.2) is 11.1 Å². The molecule has 0 aliphatic carbocycles. The van der Waals surface area contributed by atoms with Crippen LogP contribution >= 0.6 is 15.9 Å². The minimum absolute atomic E-state index is 0.358. The molecule has 96 valence electrons. The summed E-state index contributed by atoms with van der Waals surface area (Å²) in [6.45, 7) is 7.40. The molecule has 0 aliphatic heterocycles. The summed E-state index contributed by atoms with van der Waals surface area (Å²) in [5.74, 6) is 1.10. The number of phenols is 1. The van der Waals surface area contributed by atoms with Crippen LogP contribution < -0.4 is 5.32 Å². The Labute approximate surface area is 113 Å². The van der Waals surface area contributed by atoms with Gasteiger partial charge in [-0.05, 0) is 37.5 Å². The summed E-state index contributed by atoms with van der Waals surface area (Å²) in [4.78, 5) is 0. The van der Waals surface area contributed by atoms with E-state index in [-0.39, 0.29) is 0 Å². The van der Waals surface area contributed by atoms with Crippen LogP contribution in [0.4, 0.5) is 0 Å². The lowest BCUT2D eigenvalue weighted by Gasteiger charge is -2.18. The highest BCUT2D eigenvalue weighted by Crippen LogP contribution is 2.22. The standard InChI is InChI=1S/C14H22BrNO/c1-4-10(2)7-11(3)16-9-12-8-13(15)5-6-14(12)17/h5-6,8,10-11,16-17H,4,7,9H2,1-3H3. The number of nitrogens with one attached hydrogen (secondary N) is 1. The van der Waals surface area contributed by atoms with Crippen LogP contribution in [-0.2, 0) is 6.54 Å². The molecule has 0 amide bonds. The Hall–Kier alpha value is -0.540. The zero-order valence-electron chi connectivity index (χ0n) is 10.8. The maximum atomic E-state index is 9.72. The van der Waals surface area contributed by atoms with Crippen LogP contribution in [0, 0.1) is 5.92 Å². The molecule has 17 heavy (non-hydrogen) atoms. The maximum Gasteiger partial charge on any atom is 0.120 e. The molecule has 0 radical (unpaired) electrons. The van der Waals surface area contributed by atoms with Crippen molar-refractivity contribution in [2.45, 2.75) is 46.2 Å². The number of benzene rings is 1. The molecule has 2 atom stereocenters. The molecule has 2 unspecified atom stereocenters. The molecule has 0 saturated carbocycles.